The molecule has 0 spiro atoms. The van der Waals surface area contributed by atoms with Crippen LogP contribution in [0.3, 0.4) is 0 Å². The number of ether oxygens (including phenoxy) is 1. The normalized spacial score (nSPS) is 15.6. The Labute approximate surface area is 175 Å². The lowest BCUT2D eigenvalue weighted by atomic mass is 9.99. The largest absolute Gasteiger partial charge is 0.465 e. The minimum absolute atomic E-state index is 0.228. The lowest BCUT2D eigenvalue weighted by Gasteiger charge is -2.29. The molecule has 1 saturated heterocycles. The molecule has 2 aromatic rings. The van der Waals surface area contributed by atoms with Crippen LogP contribution < -0.4 is 5.32 Å². The van der Waals surface area contributed by atoms with Crippen LogP contribution in [0.1, 0.15) is 46.3 Å². The van der Waals surface area contributed by atoms with E-state index in [1.165, 1.54) is 30.9 Å². The van der Waals surface area contributed by atoms with E-state index < -0.39 is 0 Å². The number of hydrogen-bond donors (Lipinski definition) is 1. The number of aromatic nitrogens is 1. The number of likely N-dealkylation sites (tertiary alicyclic amines) is 1. The van der Waals surface area contributed by atoms with Crippen molar-refractivity contribution in [2.45, 2.75) is 33.2 Å². The summed E-state index contributed by atoms with van der Waals surface area (Å²) in [6.07, 6.45) is 5.65. The number of carbonyl (C=O) groups is 2. The van der Waals surface area contributed by atoms with Gasteiger partial charge in [0.15, 0.2) is 5.13 Å². The maximum absolute atomic E-state index is 12.2. The molecule has 0 unspecified atom stereocenters. The minimum Gasteiger partial charge on any atom is -0.465 e. The molecule has 1 aliphatic heterocycles. The lowest BCUT2D eigenvalue weighted by Crippen LogP contribution is -2.32. The average molecular weight is 414 g/mol. The third-order valence-corrected chi connectivity index (χ3v) is 6.18. The predicted octanol–water partition coefficient (Wildman–Crippen LogP) is 4.12. The van der Waals surface area contributed by atoms with Gasteiger partial charge in [0, 0.05) is 17.5 Å². The van der Waals surface area contributed by atoms with Gasteiger partial charge in [0.1, 0.15) is 0 Å². The molecule has 3 rings (SSSR count). The van der Waals surface area contributed by atoms with E-state index in [1.807, 2.05) is 6.92 Å². The highest BCUT2D eigenvalue weighted by molar-refractivity contribution is 7.15. The predicted molar refractivity (Wildman–Crippen MR) is 116 cm³/mol. The Morgan fingerprint density at radius 1 is 1.28 bits per heavy atom. The number of anilines is 1. The van der Waals surface area contributed by atoms with Crippen LogP contribution in [0.25, 0.3) is 6.08 Å². The number of nitrogens with zero attached hydrogens (tertiary/aromatic N) is 2. The molecule has 6 nitrogen and oxygen atoms in total. The fourth-order valence-electron chi connectivity index (χ4n) is 3.22. The summed E-state index contributed by atoms with van der Waals surface area (Å²) in [6, 6.07) is 6.87. The summed E-state index contributed by atoms with van der Waals surface area (Å²) in [5, 5.41) is 3.47. The summed E-state index contributed by atoms with van der Waals surface area (Å²) in [6.45, 7) is 7.45. The fraction of sp³-hybridized carbons (Fsp3) is 0.409. The fourth-order valence-corrected chi connectivity index (χ4v) is 4.23. The van der Waals surface area contributed by atoms with Crippen LogP contribution in [0.5, 0.6) is 0 Å². The molecule has 1 aliphatic rings. The van der Waals surface area contributed by atoms with Crippen LogP contribution in [-0.4, -0.2) is 42.0 Å². The van der Waals surface area contributed by atoms with Gasteiger partial charge in [-0.2, -0.15) is 0 Å². The van der Waals surface area contributed by atoms with Crippen LogP contribution in [0.2, 0.25) is 0 Å². The molecule has 154 valence electrons. The maximum Gasteiger partial charge on any atom is 0.337 e. The number of aryl methyl sites for hydroxylation is 1. The van der Waals surface area contributed by atoms with Gasteiger partial charge < -0.3 is 4.74 Å². The number of methoxy groups -OCH3 is 1. The van der Waals surface area contributed by atoms with Gasteiger partial charge >= 0.3 is 5.97 Å². The number of esters is 1. The SMILES string of the molecule is COC(=O)c1ccc(/C=C/C(=O)Nc2nc(C)c(CN3CCC(C)CC3)s2)cc1. The van der Waals surface area contributed by atoms with Crippen LogP contribution in [0, 0.1) is 12.8 Å². The lowest BCUT2D eigenvalue weighted by molar-refractivity contribution is -0.111. The Balaban J connectivity index is 1.55. The Kier molecular flexibility index (Phi) is 7.17. The first-order chi connectivity index (χ1) is 13.9. The van der Waals surface area contributed by atoms with Gasteiger partial charge in [0.25, 0.3) is 0 Å². The summed E-state index contributed by atoms with van der Waals surface area (Å²) in [4.78, 5) is 31.9. The van der Waals surface area contributed by atoms with Gasteiger partial charge in [0.05, 0.1) is 18.4 Å². The first-order valence-electron chi connectivity index (χ1n) is 9.80. The minimum atomic E-state index is -0.382. The number of piperidine rings is 1. The van der Waals surface area contributed by atoms with Gasteiger partial charge in [-0.1, -0.05) is 19.1 Å². The highest BCUT2D eigenvalue weighted by Crippen LogP contribution is 2.26. The Morgan fingerprint density at radius 3 is 2.62 bits per heavy atom. The van der Waals surface area contributed by atoms with Crippen LogP contribution in [0.4, 0.5) is 5.13 Å². The molecule has 1 aromatic heterocycles. The average Bonchev–Trinajstić information content (AvgIpc) is 3.06. The monoisotopic (exact) mass is 413 g/mol. The first-order valence-corrected chi connectivity index (χ1v) is 10.6. The van der Waals surface area contributed by atoms with E-state index in [0.29, 0.717) is 10.7 Å². The van der Waals surface area contributed by atoms with Crippen molar-refractivity contribution in [1.29, 1.82) is 0 Å². The highest BCUT2D eigenvalue weighted by Gasteiger charge is 2.18. The molecule has 0 saturated carbocycles. The van der Waals surface area contributed by atoms with E-state index in [-0.39, 0.29) is 11.9 Å². The molecule has 0 bridgehead atoms. The van der Waals surface area contributed by atoms with Crippen molar-refractivity contribution >= 4 is 34.4 Å². The first kappa shape index (κ1) is 21.2. The number of amides is 1. The molecule has 1 aromatic carbocycles. The Hall–Kier alpha value is -2.51. The second-order valence-electron chi connectivity index (χ2n) is 7.42. The number of carbonyl (C=O) groups excluding carboxylic acids is 2. The zero-order valence-electron chi connectivity index (χ0n) is 17.1. The van der Waals surface area contributed by atoms with E-state index in [9.17, 15) is 9.59 Å². The molecule has 29 heavy (non-hydrogen) atoms. The molecule has 1 amide bonds. The van der Waals surface area contributed by atoms with Gasteiger partial charge in [-0.05, 0) is 62.5 Å². The zero-order chi connectivity index (χ0) is 20.8. The zero-order valence-corrected chi connectivity index (χ0v) is 17.9. The summed E-state index contributed by atoms with van der Waals surface area (Å²) < 4.78 is 4.67. The van der Waals surface area contributed by atoms with Crippen molar-refractivity contribution in [2.24, 2.45) is 5.92 Å². The molecule has 0 atom stereocenters. The molecule has 0 aliphatic carbocycles. The van der Waals surface area contributed by atoms with Crippen molar-refractivity contribution in [2.75, 3.05) is 25.5 Å². The third-order valence-electron chi connectivity index (χ3n) is 5.13. The maximum atomic E-state index is 12.2. The van der Waals surface area contributed by atoms with Gasteiger partial charge in [0.2, 0.25) is 5.91 Å². The molecule has 1 fully saturated rings. The number of hydrogen-bond acceptors (Lipinski definition) is 6. The van der Waals surface area contributed by atoms with E-state index in [0.717, 1.165) is 36.8 Å². The van der Waals surface area contributed by atoms with Crippen LogP contribution >= 0.6 is 11.3 Å². The number of rotatable bonds is 6. The summed E-state index contributed by atoms with van der Waals surface area (Å²) in [7, 11) is 1.35. The summed E-state index contributed by atoms with van der Waals surface area (Å²) >= 11 is 1.54. The topological polar surface area (TPSA) is 71.5 Å². The summed E-state index contributed by atoms with van der Waals surface area (Å²) in [5.41, 5.74) is 2.28. The van der Waals surface area contributed by atoms with Gasteiger partial charge in [-0.3, -0.25) is 15.0 Å². The second-order valence-corrected chi connectivity index (χ2v) is 8.51. The van der Waals surface area contributed by atoms with E-state index in [2.05, 4.69) is 26.9 Å². The third kappa shape index (κ3) is 5.98. The standard InChI is InChI=1S/C22H27N3O3S/c1-15-10-12-25(13-11-15)14-19-16(2)23-22(29-19)24-20(26)9-6-17-4-7-18(8-5-17)21(27)28-3/h4-9,15H,10-14H2,1-3H3,(H,23,24,26)/b9-6+. The van der Waals surface area contributed by atoms with E-state index in [4.69, 9.17) is 0 Å². The highest BCUT2D eigenvalue weighted by atomic mass is 32.1. The number of thiazole rings is 1. The smallest absolute Gasteiger partial charge is 0.337 e. The number of benzene rings is 1. The van der Waals surface area contributed by atoms with Gasteiger partial charge in [-0.15, -0.1) is 11.3 Å². The summed E-state index contributed by atoms with van der Waals surface area (Å²) in [5.74, 6) is 0.202. The molecule has 7 heteroatoms. The molecular formula is C22H27N3O3S. The second kappa shape index (κ2) is 9.80. The number of nitrogens with one attached hydrogen (secondary N) is 1. The van der Waals surface area contributed by atoms with Crippen LogP contribution in [0.15, 0.2) is 30.3 Å². The van der Waals surface area contributed by atoms with Crippen molar-refractivity contribution in [3.8, 4) is 0 Å². The molecule has 1 N–H and O–H groups in total. The van der Waals surface area contributed by atoms with Crippen LogP contribution in [-0.2, 0) is 16.1 Å². The molecular weight excluding hydrogens is 386 g/mol. The van der Waals surface area contributed by atoms with Crippen molar-refractivity contribution in [3.05, 3.63) is 52.0 Å². The molecule has 0 radical (unpaired) electrons. The van der Waals surface area contributed by atoms with Gasteiger partial charge in [-0.25, -0.2) is 9.78 Å². The Morgan fingerprint density at radius 2 is 1.97 bits per heavy atom. The Bertz CT molecular complexity index is 881. The quantitative estimate of drug-likeness (QED) is 0.570. The molecule has 2 heterocycles. The van der Waals surface area contributed by atoms with Crippen molar-refractivity contribution in [3.63, 3.8) is 0 Å². The van der Waals surface area contributed by atoms with Crippen molar-refractivity contribution in [1.82, 2.24) is 9.88 Å². The van der Waals surface area contributed by atoms with Crippen molar-refractivity contribution < 1.29 is 14.3 Å². The van der Waals surface area contributed by atoms with E-state index in [1.54, 1.807) is 41.7 Å². The van der Waals surface area contributed by atoms with E-state index >= 15 is 0 Å².